The molecule has 1 aromatic heterocycles. The predicted octanol–water partition coefficient (Wildman–Crippen LogP) is 2.92. The third-order valence-corrected chi connectivity index (χ3v) is 4.62. The number of hydrogen-bond acceptors (Lipinski definition) is 5. The van der Waals surface area contributed by atoms with Crippen LogP contribution in [0.5, 0.6) is 11.5 Å². The number of H-pyrrole nitrogens is 1. The number of methoxy groups -OCH3 is 2. The van der Waals surface area contributed by atoms with Crippen LogP contribution in [0.4, 0.5) is 5.69 Å². The number of hydrogen-bond donors (Lipinski definition) is 2. The molecule has 0 radical (unpaired) electrons. The number of aromatic amines is 1. The normalized spacial score (nSPS) is 12.2. The van der Waals surface area contributed by atoms with Gasteiger partial charge in [-0.15, -0.1) is 12.4 Å². The van der Waals surface area contributed by atoms with Crippen molar-refractivity contribution < 1.29 is 9.47 Å². The van der Waals surface area contributed by atoms with Crippen molar-refractivity contribution in [3.05, 3.63) is 57.5 Å². The Morgan fingerprint density at radius 2 is 1.81 bits per heavy atom. The summed E-state index contributed by atoms with van der Waals surface area (Å²) in [7, 11) is 3.13. The molecule has 2 heterocycles. The molecule has 26 heavy (non-hydrogen) atoms. The molecule has 0 saturated carbocycles. The molecule has 0 atom stereocenters. The van der Waals surface area contributed by atoms with Gasteiger partial charge in [0.2, 0.25) is 0 Å². The van der Waals surface area contributed by atoms with Crippen molar-refractivity contribution in [1.29, 1.82) is 0 Å². The van der Waals surface area contributed by atoms with Gasteiger partial charge in [0.25, 0.3) is 5.56 Å². The first-order valence-corrected chi connectivity index (χ1v) is 8.18. The molecule has 1 aliphatic heterocycles. The molecule has 0 amide bonds. The van der Waals surface area contributed by atoms with Crippen molar-refractivity contribution in [2.24, 2.45) is 0 Å². The minimum atomic E-state index is -0.238. The standard InChI is InChI=1S/C19H19N3O3.ClH/c1-24-17-9-13-14(10-18(17)25-2)19(23)22-21-16(13)8-11-3-4-15-12(7-11)5-6-20-15;/h3-4,7,9-10,20H,5-6,8H2,1-2H3,(H,22,23);1H. The maximum absolute atomic E-state index is 12.2. The van der Waals surface area contributed by atoms with Gasteiger partial charge in [0.05, 0.1) is 25.3 Å². The summed E-state index contributed by atoms with van der Waals surface area (Å²) in [6, 6.07) is 9.92. The number of nitrogens with one attached hydrogen (secondary N) is 2. The summed E-state index contributed by atoms with van der Waals surface area (Å²) in [4.78, 5) is 12.2. The predicted molar refractivity (Wildman–Crippen MR) is 104 cm³/mol. The second-order valence-electron chi connectivity index (χ2n) is 6.10. The number of ether oxygens (including phenoxy) is 2. The van der Waals surface area contributed by atoms with Crippen LogP contribution < -0.4 is 20.3 Å². The molecule has 0 fully saturated rings. The number of benzene rings is 2. The van der Waals surface area contributed by atoms with Crippen LogP contribution in [0.25, 0.3) is 10.8 Å². The number of anilines is 1. The Morgan fingerprint density at radius 1 is 1.08 bits per heavy atom. The molecule has 6 nitrogen and oxygen atoms in total. The molecule has 0 bridgehead atoms. The first-order valence-electron chi connectivity index (χ1n) is 8.18. The lowest BCUT2D eigenvalue weighted by Gasteiger charge is -2.11. The fourth-order valence-electron chi connectivity index (χ4n) is 3.34. The summed E-state index contributed by atoms with van der Waals surface area (Å²) in [6.45, 7) is 0.982. The number of fused-ring (bicyclic) bond motifs is 2. The van der Waals surface area contributed by atoms with Crippen molar-refractivity contribution >= 4 is 28.9 Å². The number of rotatable bonds is 4. The molecule has 2 N–H and O–H groups in total. The second-order valence-corrected chi connectivity index (χ2v) is 6.10. The van der Waals surface area contributed by atoms with E-state index >= 15 is 0 Å². The fraction of sp³-hybridized carbons (Fsp3) is 0.263. The zero-order valence-electron chi connectivity index (χ0n) is 14.6. The van der Waals surface area contributed by atoms with Gasteiger partial charge in [-0.25, -0.2) is 5.10 Å². The van der Waals surface area contributed by atoms with Gasteiger partial charge in [0.1, 0.15) is 0 Å². The first-order chi connectivity index (χ1) is 12.2. The Hall–Kier alpha value is -2.73. The van der Waals surface area contributed by atoms with Crippen molar-refractivity contribution in [3.63, 3.8) is 0 Å². The minimum absolute atomic E-state index is 0. The second kappa shape index (κ2) is 7.25. The Balaban J connectivity index is 0.00000196. The van der Waals surface area contributed by atoms with Crippen LogP contribution >= 0.6 is 12.4 Å². The van der Waals surface area contributed by atoms with Crippen molar-refractivity contribution in [3.8, 4) is 11.5 Å². The van der Waals surface area contributed by atoms with E-state index in [1.54, 1.807) is 20.3 Å². The van der Waals surface area contributed by atoms with E-state index in [2.05, 4.69) is 33.7 Å². The number of nitrogens with zero attached hydrogens (tertiary/aromatic N) is 1. The van der Waals surface area contributed by atoms with Gasteiger partial charge in [0.15, 0.2) is 11.5 Å². The molecule has 4 rings (SSSR count). The largest absolute Gasteiger partial charge is 0.493 e. The number of halogens is 1. The van der Waals surface area contributed by atoms with E-state index in [4.69, 9.17) is 9.47 Å². The average molecular weight is 374 g/mol. The molecule has 0 unspecified atom stereocenters. The molecule has 1 aliphatic rings. The van der Waals surface area contributed by atoms with Gasteiger partial charge >= 0.3 is 0 Å². The van der Waals surface area contributed by atoms with Crippen LogP contribution in [0.2, 0.25) is 0 Å². The van der Waals surface area contributed by atoms with Crippen LogP contribution in [-0.4, -0.2) is 31.0 Å². The third kappa shape index (κ3) is 3.08. The van der Waals surface area contributed by atoms with Crippen molar-refractivity contribution in [2.45, 2.75) is 12.8 Å². The molecule has 0 aliphatic carbocycles. The molecule has 136 valence electrons. The van der Waals surface area contributed by atoms with Gasteiger partial charge in [0, 0.05) is 24.0 Å². The minimum Gasteiger partial charge on any atom is -0.493 e. The molecular weight excluding hydrogens is 354 g/mol. The maximum atomic E-state index is 12.2. The molecule has 3 aromatic rings. The molecule has 0 saturated heterocycles. The Labute approximate surface area is 156 Å². The summed E-state index contributed by atoms with van der Waals surface area (Å²) >= 11 is 0. The topological polar surface area (TPSA) is 76.2 Å². The SMILES string of the molecule is COc1cc2c(Cc3ccc4c(c3)CCN4)n[nH]c(=O)c2cc1OC.Cl. The third-order valence-electron chi connectivity index (χ3n) is 4.62. The van der Waals surface area contributed by atoms with Gasteiger partial charge in [-0.05, 0) is 35.7 Å². The van der Waals surface area contributed by atoms with E-state index in [0.29, 0.717) is 23.3 Å². The summed E-state index contributed by atoms with van der Waals surface area (Å²) < 4.78 is 10.7. The van der Waals surface area contributed by atoms with Crippen LogP contribution in [0.15, 0.2) is 35.1 Å². The van der Waals surface area contributed by atoms with Crippen LogP contribution in [0, 0.1) is 0 Å². The highest BCUT2D eigenvalue weighted by molar-refractivity contribution is 5.87. The Morgan fingerprint density at radius 3 is 2.54 bits per heavy atom. The van der Waals surface area contributed by atoms with Gasteiger partial charge in [-0.3, -0.25) is 4.79 Å². The van der Waals surface area contributed by atoms with E-state index in [1.807, 2.05) is 6.07 Å². The lowest BCUT2D eigenvalue weighted by Crippen LogP contribution is -2.12. The highest BCUT2D eigenvalue weighted by Gasteiger charge is 2.15. The van der Waals surface area contributed by atoms with Gasteiger partial charge in [-0.1, -0.05) is 12.1 Å². The van der Waals surface area contributed by atoms with E-state index in [0.717, 1.165) is 29.6 Å². The van der Waals surface area contributed by atoms with E-state index in [9.17, 15) is 4.79 Å². The van der Waals surface area contributed by atoms with Crippen molar-refractivity contribution in [2.75, 3.05) is 26.1 Å². The fourth-order valence-corrected chi connectivity index (χ4v) is 3.34. The molecule has 2 aromatic carbocycles. The lowest BCUT2D eigenvalue weighted by molar-refractivity contribution is 0.356. The monoisotopic (exact) mass is 373 g/mol. The molecule has 0 spiro atoms. The summed E-state index contributed by atoms with van der Waals surface area (Å²) in [5.74, 6) is 1.11. The maximum Gasteiger partial charge on any atom is 0.272 e. The van der Waals surface area contributed by atoms with Crippen LogP contribution in [0.3, 0.4) is 0 Å². The quantitative estimate of drug-likeness (QED) is 0.735. The summed E-state index contributed by atoms with van der Waals surface area (Å²) in [5, 5.41) is 11.6. The first kappa shape index (κ1) is 18.1. The van der Waals surface area contributed by atoms with Crippen LogP contribution in [-0.2, 0) is 12.8 Å². The summed E-state index contributed by atoms with van der Waals surface area (Å²) in [5.41, 5.74) is 4.26. The van der Waals surface area contributed by atoms with Gasteiger partial charge < -0.3 is 14.8 Å². The van der Waals surface area contributed by atoms with E-state index in [1.165, 1.54) is 11.3 Å². The average Bonchev–Trinajstić information content (AvgIpc) is 3.11. The Kier molecular flexibility index (Phi) is 5.04. The smallest absolute Gasteiger partial charge is 0.272 e. The molecular formula is C19H20ClN3O3. The Bertz CT molecular complexity index is 1020. The highest BCUT2D eigenvalue weighted by atomic mass is 35.5. The highest BCUT2D eigenvalue weighted by Crippen LogP contribution is 2.32. The summed E-state index contributed by atoms with van der Waals surface area (Å²) in [6.07, 6.45) is 1.67. The lowest BCUT2D eigenvalue weighted by atomic mass is 10.0. The van der Waals surface area contributed by atoms with Gasteiger partial charge in [-0.2, -0.15) is 5.10 Å². The van der Waals surface area contributed by atoms with E-state index in [-0.39, 0.29) is 18.0 Å². The zero-order chi connectivity index (χ0) is 17.4. The molecule has 7 heteroatoms. The number of aromatic nitrogens is 2. The van der Waals surface area contributed by atoms with Crippen LogP contribution in [0.1, 0.15) is 16.8 Å². The van der Waals surface area contributed by atoms with Crippen molar-refractivity contribution in [1.82, 2.24) is 10.2 Å². The van der Waals surface area contributed by atoms with E-state index < -0.39 is 0 Å². The zero-order valence-corrected chi connectivity index (χ0v) is 15.4.